The van der Waals surface area contributed by atoms with E-state index >= 15 is 0 Å². The second-order valence-electron chi connectivity index (χ2n) is 2.73. The Morgan fingerprint density at radius 2 is 2.27 bits per heavy atom. The molecule has 82 valence electrons. The molecule has 1 N–H and O–H groups in total. The van der Waals surface area contributed by atoms with Crippen LogP contribution in [0.25, 0.3) is 0 Å². The van der Waals surface area contributed by atoms with Crippen LogP contribution in [0, 0.1) is 10.1 Å². The summed E-state index contributed by atoms with van der Waals surface area (Å²) < 4.78 is 0. The summed E-state index contributed by atoms with van der Waals surface area (Å²) in [6.07, 6.45) is 0.701. The number of rotatable bonds is 5. The quantitative estimate of drug-likeness (QED) is 0.287. The van der Waals surface area contributed by atoms with Crippen molar-refractivity contribution in [3.8, 4) is 0 Å². The van der Waals surface area contributed by atoms with Gasteiger partial charge in [0.2, 0.25) is 5.82 Å². The summed E-state index contributed by atoms with van der Waals surface area (Å²) in [5, 5.41) is 13.7. The van der Waals surface area contributed by atoms with Crippen molar-refractivity contribution < 1.29 is 4.92 Å². The van der Waals surface area contributed by atoms with Gasteiger partial charge in [-0.1, -0.05) is 11.6 Å². The molecule has 1 aromatic rings. The maximum absolute atomic E-state index is 10.6. The van der Waals surface area contributed by atoms with Crippen molar-refractivity contribution in [2.75, 3.05) is 17.7 Å². The Morgan fingerprint density at radius 1 is 1.53 bits per heavy atom. The van der Waals surface area contributed by atoms with Gasteiger partial charge in [0.25, 0.3) is 0 Å². The predicted molar refractivity (Wildman–Crippen MR) is 59.7 cm³/mol. The standard InChI is InChI=1S/C8H9Cl2N3O2/c9-4-1-5-11-8-6(13(14)15)2-3-7(10)12-8/h2-3H,1,4-5H2,(H,11,12). The van der Waals surface area contributed by atoms with Gasteiger partial charge in [-0.3, -0.25) is 10.1 Å². The van der Waals surface area contributed by atoms with E-state index in [1.54, 1.807) is 0 Å². The molecule has 0 radical (unpaired) electrons. The van der Waals surface area contributed by atoms with Crippen LogP contribution < -0.4 is 5.32 Å². The van der Waals surface area contributed by atoms with Crippen LogP contribution in [0.2, 0.25) is 5.15 Å². The minimum Gasteiger partial charge on any atom is -0.364 e. The van der Waals surface area contributed by atoms with E-state index in [1.165, 1.54) is 12.1 Å². The molecule has 15 heavy (non-hydrogen) atoms. The molecule has 0 saturated carbocycles. The van der Waals surface area contributed by atoms with Crippen LogP contribution in [0.15, 0.2) is 12.1 Å². The largest absolute Gasteiger partial charge is 0.364 e. The zero-order valence-corrected chi connectivity index (χ0v) is 9.25. The molecule has 0 fully saturated rings. The number of pyridine rings is 1. The Bertz CT molecular complexity index is 360. The minimum atomic E-state index is -0.508. The number of nitrogens with one attached hydrogen (secondary N) is 1. The number of nitrogens with zero attached hydrogens (tertiary/aromatic N) is 2. The number of hydrogen-bond donors (Lipinski definition) is 1. The fourth-order valence-electron chi connectivity index (χ4n) is 0.979. The van der Waals surface area contributed by atoms with Gasteiger partial charge in [-0.2, -0.15) is 0 Å². The average molecular weight is 250 g/mol. The summed E-state index contributed by atoms with van der Waals surface area (Å²) in [5.74, 6) is 0.666. The van der Waals surface area contributed by atoms with E-state index in [-0.39, 0.29) is 16.7 Å². The summed E-state index contributed by atoms with van der Waals surface area (Å²) in [6.45, 7) is 0.525. The van der Waals surface area contributed by atoms with Crippen LogP contribution in [-0.2, 0) is 0 Å². The van der Waals surface area contributed by atoms with Crippen LogP contribution in [0.3, 0.4) is 0 Å². The van der Waals surface area contributed by atoms with Crippen LogP contribution >= 0.6 is 23.2 Å². The highest BCUT2D eigenvalue weighted by molar-refractivity contribution is 6.29. The van der Waals surface area contributed by atoms with E-state index in [1.807, 2.05) is 0 Å². The molecule has 0 bridgehead atoms. The fourth-order valence-corrected chi connectivity index (χ4v) is 1.26. The Labute approximate surface area is 96.6 Å². The summed E-state index contributed by atoms with van der Waals surface area (Å²) in [6, 6.07) is 2.70. The van der Waals surface area contributed by atoms with E-state index in [0.29, 0.717) is 18.8 Å². The highest BCUT2D eigenvalue weighted by Crippen LogP contribution is 2.23. The van der Waals surface area contributed by atoms with Crippen molar-refractivity contribution in [3.05, 3.63) is 27.4 Å². The van der Waals surface area contributed by atoms with Crippen LogP contribution in [0.4, 0.5) is 11.5 Å². The molecule has 0 saturated heterocycles. The van der Waals surface area contributed by atoms with Crippen molar-refractivity contribution in [2.45, 2.75) is 6.42 Å². The monoisotopic (exact) mass is 249 g/mol. The van der Waals surface area contributed by atoms with Gasteiger partial charge in [-0.25, -0.2) is 4.98 Å². The van der Waals surface area contributed by atoms with Crippen molar-refractivity contribution in [1.82, 2.24) is 4.98 Å². The summed E-state index contributed by atoms with van der Waals surface area (Å²) in [5.41, 5.74) is -0.0889. The third-order valence-electron chi connectivity index (χ3n) is 1.64. The molecular weight excluding hydrogens is 241 g/mol. The molecule has 0 aliphatic heterocycles. The van der Waals surface area contributed by atoms with Gasteiger partial charge in [-0.15, -0.1) is 11.6 Å². The van der Waals surface area contributed by atoms with E-state index in [2.05, 4.69) is 10.3 Å². The van der Waals surface area contributed by atoms with Gasteiger partial charge in [0.1, 0.15) is 5.15 Å². The number of alkyl halides is 1. The maximum atomic E-state index is 10.6. The molecule has 0 spiro atoms. The molecule has 0 aromatic carbocycles. The van der Waals surface area contributed by atoms with Gasteiger partial charge < -0.3 is 5.32 Å². The lowest BCUT2D eigenvalue weighted by Gasteiger charge is -2.04. The number of aromatic nitrogens is 1. The number of anilines is 1. The lowest BCUT2D eigenvalue weighted by molar-refractivity contribution is -0.384. The van der Waals surface area contributed by atoms with Crippen molar-refractivity contribution in [3.63, 3.8) is 0 Å². The van der Waals surface area contributed by atoms with Gasteiger partial charge in [0.15, 0.2) is 0 Å². The normalized spacial score (nSPS) is 10.0. The molecule has 0 amide bonds. The number of halogens is 2. The second-order valence-corrected chi connectivity index (χ2v) is 3.49. The van der Waals surface area contributed by atoms with Crippen LogP contribution in [0.5, 0.6) is 0 Å². The summed E-state index contributed by atoms with van der Waals surface area (Å²) in [7, 11) is 0. The van der Waals surface area contributed by atoms with Crippen LogP contribution in [-0.4, -0.2) is 22.3 Å². The zero-order chi connectivity index (χ0) is 11.3. The van der Waals surface area contributed by atoms with E-state index in [0.717, 1.165) is 0 Å². The lowest BCUT2D eigenvalue weighted by atomic mass is 10.4. The van der Waals surface area contributed by atoms with Crippen molar-refractivity contribution in [1.29, 1.82) is 0 Å². The highest BCUT2D eigenvalue weighted by atomic mass is 35.5. The first-order chi connectivity index (χ1) is 7.15. The first kappa shape index (κ1) is 12.0. The molecule has 0 aliphatic rings. The lowest BCUT2D eigenvalue weighted by Crippen LogP contribution is -2.06. The minimum absolute atomic E-state index is 0.0889. The van der Waals surface area contributed by atoms with E-state index in [9.17, 15) is 10.1 Å². The molecule has 0 unspecified atom stereocenters. The SMILES string of the molecule is O=[N+]([O-])c1ccc(Cl)nc1NCCCCl. The maximum Gasteiger partial charge on any atom is 0.311 e. The Balaban J connectivity index is 2.82. The molecular formula is C8H9Cl2N3O2. The van der Waals surface area contributed by atoms with Crippen LogP contribution in [0.1, 0.15) is 6.42 Å². The second kappa shape index (κ2) is 5.72. The molecule has 1 aromatic heterocycles. The van der Waals surface area contributed by atoms with Gasteiger partial charge in [0.05, 0.1) is 4.92 Å². The molecule has 7 heteroatoms. The summed E-state index contributed by atoms with van der Waals surface area (Å²) in [4.78, 5) is 14.0. The third kappa shape index (κ3) is 3.53. The number of hydrogen-bond acceptors (Lipinski definition) is 4. The third-order valence-corrected chi connectivity index (χ3v) is 2.12. The van der Waals surface area contributed by atoms with Crippen molar-refractivity contribution >= 4 is 34.7 Å². The average Bonchev–Trinajstić information content (AvgIpc) is 2.18. The Kier molecular flexibility index (Phi) is 4.58. The molecule has 0 aliphatic carbocycles. The highest BCUT2D eigenvalue weighted by Gasteiger charge is 2.14. The summed E-state index contributed by atoms with van der Waals surface area (Å²) >= 11 is 11.1. The topological polar surface area (TPSA) is 68.1 Å². The molecule has 5 nitrogen and oxygen atoms in total. The van der Waals surface area contributed by atoms with Gasteiger partial charge in [-0.05, 0) is 12.5 Å². The van der Waals surface area contributed by atoms with Gasteiger partial charge >= 0.3 is 5.69 Å². The predicted octanol–water partition coefficient (Wildman–Crippen LogP) is 2.68. The zero-order valence-electron chi connectivity index (χ0n) is 7.74. The smallest absolute Gasteiger partial charge is 0.311 e. The van der Waals surface area contributed by atoms with E-state index < -0.39 is 4.92 Å². The Morgan fingerprint density at radius 3 is 2.87 bits per heavy atom. The molecule has 0 atom stereocenters. The molecule has 1 rings (SSSR count). The van der Waals surface area contributed by atoms with E-state index in [4.69, 9.17) is 23.2 Å². The van der Waals surface area contributed by atoms with Gasteiger partial charge in [0, 0.05) is 18.5 Å². The first-order valence-electron chi connectivity index (χ1n) is 4.26. The Hall–Kier alpha value is -1.07. The number of nitro groups is 1. The fraction of sp³-hybridized carbons (Fsp3) is 0.375. The first-order valence-corrected chi connectivity index (χ1v) is 5.17. The van der Waals surface area contributed by atoms with Crippen molar-refractivity contribution in [2.24, 2.45) is 0 Å². The molecule has 1 heterocycles.